The van der Waals surface area contributed by atoms with Crippen LogP contribution in [0.5, 0.6) is 5.75 Å². The van der Waals surface area contributed by atoms with Gasteiger partial charge in [-0.25, -0.2) is 13.1 Å². The van der Waals surface area contributed by atoms with Gasteiger partial charge < -0.3 is 4.74 Å². The zero-order valence-corrected chi connectivity index (χ0v) is 13.9. The second-order valence-corrected chi connectivity index (χ2v) is 7.28. The maximum Gasteiger partial charge on any atom is 0.245 e. The van der Waals surface area contributed by atoms with E-state index >= 15 is 0 Å². The zero-order chi connectivity index (χ0) is 16.4. The Morgan fingerprint density at radius 1 is 1.23 bits per heavy atom. The summed E-state index contributed by atoms with van der Waals surface area (Å²) in [5.74, 6) is 0.320. The molecule has 0 saturated heterocycles. The first-order valence-corrected chi connectivity index (χ1v) is 8.34. The number of pyridine rings is 1. The molecule has 6 heteroatoms. The van der Waals surface area contributed by atoms with Crippen molar-refractivity contribution in [1.82, 2.24) is 9.71 Å². The van der Waals surface area contributed by atoms with Gasteiger partial charge in [0.25, 0.3) is 0 Å². The number of sulfonamides is 1. The lowest BCUT2D eigenvalue weighted by molar-refractivity contribution is 0.400. The molecule has 2 aromatic rings. The Labute approximate surface area is 131 Å². The van der Waals surface area contributed by atoms with Gasteiger partial charge in [0, 0.05) is 12.4 Å². The first-order chi connectivity index (χ1) is 10.3. The number of methoxy groups -OCH3 is 1. The van der Waals surface area contributed by atoms with Gasteiger partial charge >= 0.3 is 0 Å². The minimum absolute atomic E-state index is 0.131. The van der Waals surface area contributed by atoms with Gasteiger partial charge in [0.05, 0.1) is 12.6 Å². The number of rotatable bonds is 5. The van der Waals surface area contributed by atoms with E-state index in [-0.39, 0.29) is 4.90 Å². The highest BCUT2D eigenvalue weighted by Crippen LogP contribution is 2.28. The van der Waals surface area contributed by atoms with Crippen LogP contribution in [0.4, 0.5) is 0 Å². The fraction of sp³-hybridized carbons (Fsp3) is 0.312. The number of hydrogen-bond acceptors (Lipinski definition) is 4. The molecule has 2 rings (SSSR count). The Hall–Kier alpha value is -1.92. The van der Waals surface area contributed by atoms with Crippen LogP contribution in [-0.2, 0) is 15.6 Å². The Bertz CT molecular complexity index is 756. The molecule has 118 valence electrons. The minimum Gasteiger partial charge on any atom is -0.495 e. The summed E-state index contributed by atoms with van der Waals surface area (Å²) in [7, 11) is -2.28. The van der Waals surface area contributed by atoms with Crippen LogP contribution < -0.4 is 9.46 Å². The van der Waals surface area contributed by atoms with Crippen molar-refractivity contribution >= 4 is 10.0 Å². The second kappa shape index (κ2) is 6.06. The third-order valence-electron chi connectivity index (χ3n) is 3.38. The highest BCUT2D eigenvalue weighted by molar-refractivity contribution is 7.89. The fourth-order valence-electron chi connectivity index (χ4n) is 2.18. The van der Waals surface area contributed by atoms with Gasteiger partial charge in [-0.1, -0.05) is 12.1 Å². The van der Waals surface area contributed by atoms with Crippen LogP contribution in [0.3, 0.4) is 0 Å². The van der Waals surface area contributed by atoms with Crippen molar-refractivity contribution in [3.8, 4) is 5.75 Å². The molecule has 1 aromatic carbocycles. The summed E-state index contributed by atoms with van der Waals surface area (Å²) >= 11 is 0. The van der Waals surface area contributed by atoms with Crippen molar-refractivity contribution in [1.29, 1.82) is 0 Å². The van der Waals surface area contributed by atoms with Crippen molar-refractivity contribution in [2.75, 3.05) is 7.11 Å². The lowest BCUT2D eigenvalue weighted by atomic mass is 9.98. The molecule has 0 atom stereocenters. The summed E-state index contributed by atoms with van der Waals surface area (Å²) in [6, 6.07) is 8.67. The number of nitrogens with one attached hydrogen (secondary N) is 1. The summed E-state index contributed by atoms with van der Waals surface area (Å²) in [6.07, 6.45) is 3.30. The number of ether oxygens (including phenoxy) is 1. The first-order valence-electron chi connectivity index (χ1n) is 6.85. The van der Waals surface area contributed by atoms with E-state index in [1.807, 2.05) is 19.1 Å². The molecule has 0 aliphatic heterocycles. The van der Waals surface area contributed by atoms with E-state index in [0.29, 0.717) is 5.75 Å². The average Bonchev–Trinajstić information content (AvgIpc) is 2.47. The van der Waals surface area contributed by atoms with Crippen molar-refractivity contribution in [2.24, 2.45) is 0 Å². The summed E-state index contributed by atoms with van der Waals surface area (Å²) < 4.78 is 33.4. The molecule has 0 saturated carbocycles. The molecule has 0 aliphatic rings. The predicted octanol–water partition coefficient (Wildman–Crippen LogP) is 2.61. The zero-order valence-electron chi connectivity index (χ0n) is 13.1. The van der Waals surface area contributed by atoms with Crippen LogP contribution in [0.15, 0.2) is 47.6 Å². The van der Waals surface area contributed by atoms with E-state index in [1.54, 1.807) is 44.4 Å². The molecule has 0 aliphatic carbocycles. The van der Waals surface area contributed by atoms with E-state index in [4.69, 9.17) is 4.74 Å². The normalized spacial score (nSPS) is 12.2. The van der Waals surface area contributed by atoms with Gasteiger partial charge in [-0.15, -0.1) is 0 Å². The number of nitrogens with zero attached hydrogens (tertiary/aromatic N) is 1. The average molecular weight is 320 g/mol. The van der Waals surface area contributed by atoms with Crippen LogP contribution in [0.2, 0.25) is 0 Å². The van der Waals surface area contributed by atoms with E-state index in [9.17, 15) is 8.42 Å². The third kappa shape index (κ3) is 3.45. The molecule has 5 nitrogen and oxygen atoms in total. The van der Waals surface area contributed by atoms with Crippen molar-refractivity contribution < 1.29 is 13.2 Å². The van der Waals surface area contributed by atoms with Crippen LogP contribution in [-0.4, -0.2) is 20.5 Å². The smallest absolute Gasteiger partial charge is 0.245 e. The Kier molecular flexibility index (Phi) is 4.53. The molecule has 1 N–H and O–H groups in total. The lowest BCUT2D eigenvalue weighted by Gasteiger charge is -2.26. The van der Waals surface area contributed by atoms with Crippen molar-refractivity contribution in [2.45, 2.75) is 31.2 Å². The SMILES string of the molecule is COc1ccc(C)cc1S(=O)(=O)NC(C)(C)c1cccnc1. The maximum absolute atomic E-state index is 12.7. The quantitative estimate of drug-likeness (QED) is 0.919. The highest BCUT2D eigenvalue weighted by Gasteiger charge is 2.30. The fourth-order valence-corrected chi connectivity index (χ4v) is 3.83. The minimum atomic E-state index is -3.73. The predicted molar refractivity (Wildman–Crippen MR) is 85.3 cm³/mol. The van der Waals surface area contributed by atoms with Crippen LogP contribution >= 0.6 is 0 Å². The molecule has 0 bridgehead atoms. The summed E-state index contributed by atoms with van der Waals surface area (Å²) in [5, 5.41) is 0. The summed E-state index contributed by atoms with van der Waals surface area (Å²) in [5.41, 5.74) is 0.840. The standard InChI is InChI=1S/C16H20N2O3S/c1-12-7-8-14(21-4)15(10-12)22(19,20)18-16(2,3)13-6-5-9-17-11-13/h5-11,18H,1-4H3. The van der Waals surface area contributed by atoms with E-state index < -0.39 is 15.6 Å². The number of aryl methyl sites for hydroxylation is 1. The topological polar surface area (TPSA) is 68.3 Å². The van der Waals surface area contributed by atoms with Gasteiger partial charge in [0.1, 0.15) is 10.6 Å². The third-order valence-corrected chi connectivity index (χ3v) is 5.06. The van der Waals surface area contributed by atoms with E-state index in [1.165, 1.54) is 7.11 Å². The molecule has 0 radical (unpaired) electrons. The monoisotopic (exact) mass is 320 g/mol. The molecular formula is C16H20N2O3S. The highest BCUT2D eigenvalue weighted by atomic mass is 32.2. The Balaban J connectivity index is 2.42. The molecule has 0 amide bonds. The van der Waals surface area contributed by atoms with E-state index in [0.717, 1.165) is 11.1 Å². The number of hydrogen-bond donors (Lipinski definition) is 1. The van der Waals surface area contributed by atoms with E-state index in [2.05, 4.69) is 9.71 Å². The molecule has 0 fully saturated rings. The van der Waals surface area contributed by atoms with Gasteiger partial charge in [-0.05, 0) is 50.1 Å². The van der Waals surface area contributed by atoms with Gasteiger partial charge in [-0.3, -0.25) is 4.98 Å². The summed E-state index contributed by atoms with van der Waals surface area (Å²) in [4.78, 5) is 4.17. The van der Waals surface area contributed by atoms with Gasteiger partial charge in [0.2, 0.25) is 10.0 Å². The summed E-state index contributed by atoms with van der Waals surface area (Å²) in [6.45, 7) is 5.43. The molecule has 1 aromatic heterocycles. The van der Waals surface area contributed by atoms with Gasteiger partial charge in [-0.2, -0.15) is 0 Å². The lowest BCUT2D eigenvalue weighted by Crippen LogP contribution is -2.41. The van der Waals surface area contributed by atoms with Crippen LogP contribution in [0.25, 0.3) is 0 Å². The van der Waals surface area contributed by atoms with Crippen molar-refractivity contribution in [3.05, 3.63) is 53.9 Å². The van der Waals surface area contributed by atoms with Crippen LogP contribution in [0, 0.1) is 6.92 Å². The Morgan fingerprint density at radius 3 is 2.55 bits per heavy atom. The second-order valence-electron chi connectivity index (χ2n) is 5.63. The Morgan fingerprint density at radius 2 is 1.95 bits per heavy atom. The van der Waals surface area contributed by atoms with Crippen LogP contribution in [0.1, 0.15) is 25.0 Å². The number of benzene rings is 1. The first kappa shape index (κ1) is 16.5. The molecule has 0 unspecified atom stereocenters. The molecule has 22 heavy (non-hydrogen) atoms. The molecular weight excluding hydrogens is 300 g/mol. The van der Waals surface area contributed by atoms with Gasteiger partial charge in [0.15, 0.2) is 0 Å². The maximum atomic E-state index is 12.7. The number of aromatic nitrogens is 1. The largest absolute Gasteiger partial charge is 0.495 e. The van der Waals surface area contributed by atoms with Crippen molar-refractivity contribution in [3.63, 3.8) is 0 Å². The molecule has 0 spiro atoms. The molecule has 1 heterocycles.